The predicted octanol–water partition coefficient (Wildman–Crippen LogP) is 2.13. The molecular formula is C15H30N2O. The highest BCUT2D eigenvalue weighted by atomic mass is 16.3. The van der Waals surface area contributed by atoms with Crippen LogP contribution in [0, 0.1) is 5.92 Å². The Labute approximate surface area is 112 Å². The van der Waals surface area contributed by atoms with Crippen molar-refractivity contribution in [2.24, 2.45) is 11.7 Å². The summed E-state index contributed by atoms with van der Waals surface area (Å²) in [6.45, 7) is 2.72. The fraction of sp³-hybridized carbons (Fsp3) is 1.00. The molecule has 0 spiro atoms. The third-order valence-corrected chi connectivity index (χ3v) is 4.90. The summed E-state index contributed by atoms with van der Waals surface area (Å²) in [6, 6.07) is 1.02. The Morgan fingerprint density at radius 3 is 2.61 bits per heavy atom. The molecule has 0 amide bonds. The van der Waals surface area contributed by atoms with E-state index in [-0.39, 0.29) is 0 Å². The molecule has 2 aliphatic rings. The average Bonchev–Trinajstić information content (AvgIpc) is 2.58. The minimum Gasteiger partial charge on any atom is -0.396 e. The molecule has 1 saturated heterocycles. The SMILES string of the molecule is NC1CCCCCC1CN1CCCCC1CCO. The molecule has 0 aromatic heterocycles. The molecule has 1 aliphatic carbocycles. The highest BCUT2D eigenvalue weighted by Crippen LogP contribution is 2.26. The van der Waals surface area contributed by atoms with E-state index in [0.29, 0.717) is 24.6 Å². The average molecular weight is 254 g/mol. The lowest BCUT2D eigenvalue weighted by Crippen LogP contribution is -2.46. The largest absolute Gasteiger partial charge is 0.396 e. The molecule has 0 aromatic rings. The third kappa shape index (κ3) is 3.94. The fourth-order valence-electron chi connectivity index (χ4n) is 3.72. The second kappa shape index (κ2) is 7.46. The quantitative estimate of drug-likeness (QED) is 0.756. The normalized spacial score (nSPS) is 35.3. The molecule has 106 valence electrons. The number of aliphatic hydroxyl groups excluding tert-OH is 1. The van der Waals surface area contributed by atoms with Gasteiger partial charge in [-0.15, -0.1) is 0 Å². The van der Waals surface area contributed by atoms with Gasteiger partial charge in [0.25, 0.3) is 0 Å². The van der Waals surface area contributed by atoms with E-state index >= 15 is 0 Å². The Kier molecular flexibility index (Phi) is 5.93. The fourth-order valence-corrected chi connectivity index (χ4v) is 3.72. The van der Waals surface area contributed by atoms with Crippen molar-refractivity contribution in [3.05, 3.63) is 0 Å². The predicted molar refractivity (Wildman–Crippen MR) is 75.5 cm³/mol. The monoisotopic (exact) mass is 254 g/mol. The standard InChI is InChI=1S/C15H30N2O/c16-15-8-3-1-2-6-13(15)12-17-10-5-4-7-14(17)9-11-18/h13-15,18H,1-12,16H2. The van der Waals surface area contributed by atoms with Gasteiger partial charge in [0, 0.05) is 25.2 Å². The van der Waals surface area contributed by atoms with E-state index in [9.17, 15) is 5.11 Å². The van der Waals surface area contributed by atoms with E-state index in [2.05, 4.69) is 4.90 Å². The molecule has 18 heavy (non-hydrogen) atoms. The summed E-state index contributed by atoms with van der Waals surface area (Å²) in [6.07, 6.45) is 11.4. The molecule has 1 heterocycles. The van der Waals surface area contributed by atoms with Gasteiger partial charge < -0.3 is 10.8 Å². The van der Waals surface area contributed by atoms with Crippen LogP contribution in [0.4, 0.5) is 0 Å². The lowest BCUT2D eigenvalue weighted by Gasteiger charge is -2.38. The zero-order valence-electron chi connectivity index (χ0n) is 11.7. The Hall–Kier alpha value is -0.120. The summed E-state index contributed by atoms with van der Waals surface area (Å²) in [7, 11) is 0. The first-order chi connectivity index (χ1) is 8.81. The second-order valence-corrected chi connectivity index (χ2v) is 6.22. The van der Waals surface area contributed by atoms with Gasteiger partial charge >= 0.3 is 0 Å². The van der Waals surface area contributed by atoms with Crippen molar-refractivity contribution in [3.63, 3.8) is 0 Å². The highest BCUT2D eigenvalue weighted by Gasteiger charge is 2.27. The van der Waals surface area contributed by atoms with Crippen LogP contribution < -0.4 is 5.73 Å². The first-order valence-electron chi connectivity index (χ1n) is 7.91. The number of piperidine rings is 1. The molecule has 3 atom stereocenters. The molecule has 1 saturated carbocycles. The van der Waals surface area contributed by atoms with Gasteiger partial charge in [0.1, 0.15) is 0 Å². The summed E-state index contributed by atoms with van der Waals surface area (Å²) in [4.78, 5) is 2.62. The maximum Gasteiger partial charge on any atom is 0.0445 e. The van der Waals surface area contributed by atoms with Crippen LogP contribution in [0.3, 0.4) is 0 Å². The van der Waals surface area contributed by atoms with E-state index in [1.54, 1.807) is 0 Å². The zero-order chi connectivity index (χ0) is 12.8. The lowest BCUT2D eigenvalue weighted by atomic mass is 9.92. The number of nitrogens with two attached hydrogens (primary N) is 1. The minimum atomic E-state index is 0.331. The van der Waals surface area contributed by atoms with Gasteiger partial charge in [-0.25, -0.2) is 0 Å². The van der Waals surface area contributed by atoms with E-state index < -0.39 is 0 Å². The van der Waals surface area contributed by atoms with Gasteiger partial charge in [0.2, 0.25) is 0 Å². The maximum atomic E-state index is 9.19. The van der Waals surface area contributed by atoms with Crippen LogP contribution in [0.1, 0.15) is 57.8 Å². The van der Waals surface area contributed by atoms with Crippen LogP contribution in [0.15, 0.2) is 0 Å². The van der Waals surface area contributed by atoms with E-state index in [0.717, 1.165) is 6.42 Å². The van der Waals surface area contributed by atoms with Crippen molar-refractivity contribution in [1.82, 2.24) is 4.90 Å². The van der Waals surface area contributed by atoms with Gasteiger partial charge in [0.05, 0.1) is 0 Å². The summed E-state index contributed by atoms with van der Waals surface area (Å²) >= 11 is 0. The van der Waals surface area contributed by atoms with Crippen LogP contribution in [-0.2, 0) is 0 Å². The number of hydrogen-bond acceptors (Lipinski definition) is 3. The van der Waals surface area contributed by atoms with Gasteiger partial charge in [-0.2, -0.15) is 0 Å². The van der Waals surface area contributed by atoms with Crippen LogP contribution in [0.5, 0.6) is 0 Å². The summed E-state index contributed by atoms with van der Waals surface area (Å²) in [5.74, 6) is 0.687. The van der Waals surface area contributed by atoms with Crippen molar-refractivity contribution in [3.8, 4) is 0 Å². The van der Waals surface area contributed by atoms with Crippen molar-refractivity contribution in [2.75, 3.05) is 19.7 Å². The van der Waals surface area contributed by atoms with Gasteiger partial charge in [-0.05, 0) is 44.6 Å². The van der Waals surface area contributed by atoms with Crippen LogP contribution in [0.2, 0.25) is 0 Å². The molecule has 2 fully saturated rings. The smallest absolute Gasteiger partial charge is 0.0445 e. The number of hydrogen-bond donors (Lipinski definition) is 2. The number of likely N-dealkylation sites (tertiary alicyclic amines) is 1. The first kappa shape index (κ1) is 14.3. The third-order valence-electron chi connectivity index (χ3n) is 4.90. The van der Waals surface area contributed by atoms with E-state index in [1.807, 2.05) is 0 Å². The van der Waals surface area contributed by atoms with Crippen molar-refractivity contribution < 1.29 is 5.11 Å². The van der Waals surface area contributed by atoms with Gasteiger partial charge in [-0.3, -0.25) is 4.90 Å². The van der Waals surface area contributed by atoms with E-state index in [1.165, 1.54) is 64.5 Å². The number of rotatable bonds is 4. The Morgan fingerprint density at radius 1 is 1.00 bits per heavy atom. The molecule has 0 bridgehead atoms. The molecule has 0 radical (unpaired) electrons. The zero-order valence-corrected chi connectivity index (χ0v) is 11.7. The molecule has 2 rings (SSSR count). The molecule has 3 nitrogen and oxygen atoms in total. The molecule has 3 N–H and O–H groups in total. The summed E-state index contributed by atoms with van der Waals surface area (Å²) in [5.41, 5.74) is 6.34. The van der Waals surface area contributed by atoms with Crippen molar-refractivity contribution in [2.45, 2.75) is 69.9 Å². The molecule has 0 aromatic carbocycles. The van der Waals surface area contributed by atoms with Crippen LogP contribution in [-0.4, -0.2) is 41.8 Å². The van der Waals surface area contributed by atoms with Gasteiger partial charge in [-0.1, -0.05) is 25.7 Å². The molecule has 3 unspecified atom stereocenters. The topological polar surface area (TPSA) is 49.5 Å². The lowest BCUT2D eigenvalue weighted by molar-refractivity contribution is 0.0943. The van der Waals surface area contributed by atoms with Crippen molar-refractivity contribution >= 4 is 0 Å². The van der Waals surface area contributed by atoms with Crippen molar-refractivity contribution in [1.29, 1.82) is 0 Å². The molecular weight excluding hydrogens is 224 g/mol. The second-order valence-electron chi connectivity index (χ2n) is 6.22. The van der Waals surface area contributed by atoms with Crippen LogP contribution >= 0.6 is 0 Å². The number of aliphatic hydroxyl groups is 1. The highest BCUT2D eigenvalue weighted by molar-refractivity contribution is 4.84. The Balaban J connectivity index is 1.88. The summed E-state index contributed by atoms with van der Waals surface area (Å²) < 4.78 is 0. The van der Waals surface area contributed by atoms with E-state index in [4.69, 9.17) is 5.73 Å². The maximum absolute atomic E-state index is 9.19. The Bertz CT molecular complexity index is 233. The molecule has 3 heteroatoms. The van der Waals surface area contributed by atoms with Gasteiger partial charge in [0.15, 0.2) is 0 Å². The number of nitrogens with zero attached hydrogens (tertiary/aromatic N) is 1. The Morgan fingerprint density at radius 2 is 1.78 bits per heavy atom. The first-order valence-corrected chi connectivity index (χ1v) is 7.91. The minimum absolute atomic E-state index is 0.331. The van der Waals surface area contributed by atoms with Crippen LogP contribution in [0.25, 0.3) is 0 Å². The summed E-state index contributed by atoms with van der Waals surface area (Å²) in [5, 5.41) is 9.19. The molecule has 1 aliphatic heterocycles.